The molecule has 1 heterocycles. The largest absolute Gasteiger partial charge is 0.378 e. The van der Waals surface area contributed by atoms with Crippen molar-refractivity contribution in [3.63, 3.8) is 0 Å². The zero-order valence-electron chi connectivity index (χ0n) is 10.6. The highest BCUT2D eigenvalue weighted by Gasteiger charge is 2.12. The molecule has 1 unspecified atom stereocenters. The van der Waals surface area contributed by atoms with Gasteiger partial charge >= 0.3 is 0 Å². The second-order valence-electron chi connectivity index (χ2n) is 4.36. The van der Waals surface area contributed by atoms with Gasteiger partial charge in [0.2, 0.25) is 0 Å². The number of hydrogen-bond acceptors (Lipinski definition) is 2. The second-order valence-corrected chi connectivity index (χ2v) is 6.67. The summed E-state index contributed by atoms with van der Waals surface area (Å²) in [4.78, 5) is 2.64. The first-order valence-electron chi connectivity index (χ1n) is 5.76. The number of thiophene rings is 1. The monoisotopic (exact) mass is 327 g/mol. The van der Waals surface area contributed by atoms with Gasteiger partial charge in [-0.25, -0.2) is 4.39 Å². The molecule has 1 nitrogen and oxygen atoms in total. The van der Waals surface area contributed by atoms with Gasteiger partial charge in [-0.1, -0.05) is 0 Å². The van der Waals surface area contributed by atoms with E-state index in [4.69, 9.17) is 0 Å². The highest BCUT2D eigenvalue weighted by atomic mass is 79.9. The summed E-state index contributed by atoms with van der Waals surface area (Å²) in [5, 5.41) is 3.40. The lowest BCUT2D eigenvalue weighted by Crippen LogP contribution is -2.07. The van der Waals surface area contributed by atoms with Crippen LogP contribution in [0.15, 0.2) is 28.7 Å². The number of rotatable bonds is 3. The van der Waals surface area contributed by atoms with Gasteiger partial charge in [0.15, 0.2) is 0 Å². The fourth-order valence-corrected chi connectivity index (χ4v) is 3.49. The Morgan fingerprint density at radius 2 is 2.00 bits per heavy atom. The Morgan fingerprint density at radius 1 is 1.28 bits per heavy atom. The van der Waals surface area contributed by atoms with Gasteiger partial charge in [0.05, 0.1) is 0 Å². The zero-order chi connectivity index (χ0) is 13.3. The molecule has 2 aromatic rings. The third kappa shape index (κ3) is 2.93. The molecule has 0 amide bonds. The number of nitrogens with one attached hydrogen (secondary N) is 1. The van der Waals surface area contributed by atoms with Gasteiger partial charge in [-0.3, -0.25) is 0 Å². The molecular formula is C14H15BrFNS. The van der Waals surface area contributed by atoms with E-state index >= 15 is 0 Å². The maximum absolute atomic E-state index is 13.0. The molecule has 2 rings (SSSR count). The Kier molecular flexibility index (Phi) is 4.07. The van der Waals surface area contributed by atoms with Crippen molar-refractivity contribution in [3.8, 4) is 0 Å². The first kappa shape index (κ1) is 13.6. The Bertz CT molecular complexity index is 565. The Labute approximate surface area is 119 Å². The molecule has 18 heavy (non-hydrogen) atoms. The predicted molar refractivity (Wildman–Crippen MR) is 79.9 cm³/mol. The van der Waals surface area contributed by atoms with Crippen LogP contribution >= 0.6 is 27.3 Å². The summed E-state index contributed by atoms with van der Waals surface area (Å²) < 4.78 is 13.8. The van der Waals surface area contributed by atoms with Crippen molar-refractivity contribution in [2.24, 2.45) is 0 Å². The van der Waals surface area contributed by atoms with E-state index in [9.17, 15) is 4.39 Å². The standard InChI is InChI=1S/C14H15BrFNS/c1-8-6-12(10(3)18-8)9(2)17-14-5-4-11(16)7-13(14)15/h4-7,9,17H,1-3H3. The van der Waals surface area contributed by atoms with Crippen molar-refractivity contribution in [3.05, 3.63) is 49.9 Å². The van der Waals surface area contributed by atoms with Crippen molar-refractivity contribution in [2.75, 3.05) is 5.32 Å². The van der Waals surface area contributed by atoms with Crippen LogP contribution in [-0.4, -0.2) is 0 Å². The molecule has 96 valence electrons. The Hall–Kier alpha value is -0.870. The average molecular weight is 328 g/mol. The molecule has 1 atom stereocenters. The van der Waals surface area contributed by atoms with Crippen LogP contribution in [0.25, 0.3) is 0 Å². The summed E-state index contributed by atoms with van der Waals surface area (Å²) in [5.41, 5.74) is 2.21. The van der Waals surface area contributed by atoms with E-state index < -0.39 is 0 Å². The van der Waals surface area contributed by atoms with Gasteiger partial charge in [0.1, 0.15) is 5.82 Å². The first-order valence-corrected chi connectivity index (χ1v) is 7.37. The minimum Gasteiger partial charge on any atom is -0.378 e. The molecular weight excluding hydrogens is 313 g/mol. The Balaban J connectivity index is 2.21. The SMILES string of the molecule is Cc1cc(C(C)Nc2ccc(F)cc2Br)c(C)s1. The number of hydrogen-bond donors (Lipinski definition) is 1. The van der Waals surface area contributed by atoms with E-state index in [1.807, 2.05) is 0 Å². The van der Waals surface area contributed by atoms with Crippen molar-refractivity contribution in [1.82, 2.24) is 0 Å². The van der Waals surface area contributed by atoms with Gasteiger partial charge in [0, 0.05) is 26.0 Å². The van der Waals surface area contributed by atoms with Crippen LogP contribution in [-0.2, 0) is 0 Å². The van der Waals surface area contributed by atoms with E-state index in [-0.39, 0.29) is 11.9 Å². The van der Waals surface area contributed by atoms with Crippen LogP contribution in [0.4, 0.5) is 10.1 Å². The summed E-state index contributed by atoms with van der Waals surface area (Å²) in [6.07, 6.45) is 0. The molecule has 1 aromatic heterocycles. The summed E-state index contributed by atoms with van der Waals surface area (Å²) in [6, 6.07) is 7.10. The number of aryl methyl sites for hydroxylation is 2. The lowest BCUT2D eigenvalue weighted by molar-refractivity contribution is 0.627. The molecule has 0 fully saturated rings. The highest BCUT2D eigenvalue weighted by molar-refractivity contribution is 9.10. The number of anilines is 1. The van der Waals surface area contributed by atoms with Crippen molar-refractivity contribution in [2.45, 2.75) is 26.8 Å². The molecule has 0 saturated heterocycles. The average Bonchev–Trinajstić information content (AvgIpc) is 2.62. The summed E-state index contributed by atoms with van der Waals surface area (Å²) >= 11 is 5.18. The lowest BCUT2D eigenvalue weighted by Gasteiger charge is -2.16. The lowest BCUT2D eigenvalue weighted by atomic mass is 10.1. The van der Waals surface area contributed by atoms with E-state index in [1.165, 1.54) is 27.5 Å². The normalized spacial score (nSPS) is 12.5. The fraction of sp³-hybridized carbons (Fsp3) is 0.286. The van der Waals surface area contributed by atoms with Gasteiger partial charge in [-0.05, 0) is 66.5 Å². The quantitative estimate of drug-likeness (QED) is 0.791. The minimum absolute atomic E-state index is 0.205. The van der Waals surface area contributed by atoms with Gasteiger partial charge in [0.25, 0.3) is 0 Å². The third-order valence-electron chi connectivity index (χ3n) is 2.85. The molecule has 0 spiro atoms. The van der Waals surface area contributed by atoms with Gasteiger partial charge < -0.3 is 5.32 Å². The molecule has 0 radical (unpaired) electrons. The molecule has 1 N–H and O–H groups in total. The van der Waals surface area contributed by atoms with Crippen LogP contribution < -0.4 is 5.32 Å². The maximum Gasteiger partial charge on any atom is 0.124 e. The van der Waals surface area contributed by atoms with Crippen LogP contribution in [0.1, 0.15) is 28.3 Å². The summed E-state index contributed by atoms with van der Waals surface area (Å²) in [6.45, 7) is 6.36. The van der Waals surface area contributed by atoms with E-state index in [0.29, 0.717) is 0 Å². The molecule has 4 heteroatoms. The maximum atomic E-state index is 13.0. The van der Waals surface area contributed by atoms with Crippen LogP contribution in [0.3, 0.4) is 0 Å². The number of benzene rings is 1. The predicted octanol–water partition coefficient (Wildman–Crippen LogP) is 5.44. The highest BCUT2D eigenvalue weighted by Crippen LogP contribution is 2.31. The molecule has 0 aliphatic rings. The summed E-state index contributed by atoms with van der Waals surface area (Å²) in [5.74, 6) is -0.234. The molecule has 0 bridgehead atoms. The van der Waals surface area contributed by atoms with E-state index in [1.54, 1.807) is 17.4 Å². The van der Waals surface area contributed by atoms with Gasteiger partial charge in [-0.2, -0.15) is 0 Å². The van der Waals surface area contributed by atoms with Crippen LogP contribution in [0.5, 0.6) is 0 Å². The minimum atomic E-state index is -0.234. The zero-order valence-corrected chi connectivity index (χ0v) is 13.0. The summed E-state index contributed by atoms with van der Waals surface area (Å²) in [7, 11) is 0. The topological polar surface area (TPSA) is 12.0 Å². The van der Waals surface area contributed by atoms with Crippen LogP contribution in [0.2, 0.25) is 0 Å². The smallest absolute Gasteiger partial charge is 0.124 e. The van der Waals surface area contributed by atoms with Crippen LogP contribution in [0, 0.1) is 19.7 Å². The molecule has 0 saturated carbocycles. The van der Waals surface area contributed by atoms with Crippen molar-refractivity contribution < 1.29 is 4.39 Å². The number of halogens is 2. The van der Waals surface area contributed by atoms with Crippen molar-refractivity contribution >= 4 is 33.0 Å². The van der Waals surface area contributed by atoms with E-state index in [2.05, 4.69) is 48.1 Å². The van der Waals surface area contributed by atoms with Crippen molar-refractivity contribution in [1.29, 1.82) is 0 Å². The second kappa shape index (κ2) is 5.41. The van der Waals surface area contributed by atoms with Gasteiger partial charge in [-0.15, -0.1) is 11.3 Å². The molecule has 0 aliphatic carbocycles. The third-order valence-corrected chi connectivity index (χ3v) is 4.49. The van der Waals surface area contributed by atoms with E-state index in [0.717, 1.165) is 10.2 Å². The fourth-order valence-electron chi connectivity index (χ4n) is 2.00. The Morgan fingerprint density at radius 3 is 2.56 bits per heavy atom. The molecule has 0 aliphatic heterocycles. The molecule has 1 aromatic carbocycles. The first-order chi connectivity index (χ1) is 8.47.